The highest BCUT2D eigenvalue weighted by Gasteiger charge is 2.30. The number of hydrogen-bond donors (Lipinski definition) is 1. The van der Waals surface area contributed by atoms with E-state index in [0.29, 0.717) is 12.1 Å². The first-order chi connectivity index (χ1) is 6.29. The Hall–Kier alpha value is -0.970. The fraction of sp³-hybridized carbons (Fsp3) is 0.875. The fourth-order valence-electron chi connectivity index (χ4n) is 2.00. The van der Waals surface area contributed by atoms with Crippen LogP contribution in [-0.2, 0) is 0 Å². The van der Waals surface area contributed by atoms with Gasteiger partial charge in [-0.05, 0) is 33.2 Å². The maximum Gasteiger partial charge on any atom is 0.191 e. The van der Waals surface area contributed by atoms with Gasteiger partial charge in [0.15, 0.2) is 5.82 Å². The molecule has 72 valence electrons. The number of hydrogen-bond acceptors (Lipinski definition) is 4. The molecule has 1 N–H and O–H groups in total. The SMILES string of the molecule is CC(C)N1CCC[C@H]1c1nn[nH]n1. The molecule has 1 aromatic heterocycles. The van der Waals surface area contributed by atoms with Crippen molar-refractivity contribution in [1.29, 1.82) is 0 Å². The summed E-state index contributed by atoms with van der Waals surface area (Å²) in [6, 6.07) is 0.935. The van der Waals surface area contributed by atoms with Gasteiger partial charge < -0.3 is 0 Å². The summed E-state index contributed by atoms with van der Waals surface area (Å²) in [5.41, 5.74) is 0. The molecule has 1 saturated heterocycles. The zero-order valence-corrected chi connectivity index (χ0v) is 8.06. The predicted molar refractivity (Wildman–Crippen MR) is 48.0 cm³/mol. The molecule has 0 unspecified atom stereocenters. The van der Waals surface area contributed by atoms with E-state index in [2.05, 4.69) is 39.4 Å². The largest absolute Gasteiger partial charge is 0.291 e. The predicted octanol–water partition coefficient (Wildman–Crippen LogP) is 0.745. The number of aromatic nitrogens is 4. The van der Waals surface area contributed by atoms with E-state index in [1.807, 2.05) is 0 Å². The summed E-state index contributed by atoms with van der Waals surface area (Å²) in [6.45, 7) is 5.56. The third kappa shape index (κ3) is 1.56. The van der Waals surface area contributed by atoms with Gasteiger partial charge in [0, 0.05) is 6.04 Å². The van der Waals surface area contributed by atoms with Crippen LogP contribution in [0.1, 0.15) is 38.6 Å². The molecule has 0 spiro atoms. The Kier molecular flexibility index (Phi) is 2.26. The molecule has 1 aliphatic rings. The van der Waals surface area contributed by atoms with E-state index in [9.17, 15) is 0 Å². The maximum absolute atomic E-state index is 4.04. The zero-order valence-electron chi connectivity index (χ0n) is 8.06. The Balaban J connectivity index is 2.14. The van der Waals surface area contributed by atoms with Crippen molar-refractivity contribution in [3.05, 3.63) is 5.82 Å². The van der Waals surface area contributed by atoms with Gasteiger partial charge in [-0.15, -0.1) is 10.2 Å². The summed E-state index contributed by atoms with van der Waals surface area (Å²) in [6.07, 6.45) is 2.38. The second-order valence-corrected chi connectivity index (χ2v) is 3.76. The van der Waals surface area contributed by atoms with Crippen LogP contribution < -0.4 is 0 Å². The van der Waals surface area contributed by atoms with Crippen molar-refractivity contribution in [2.75, 3.05) is 6.54 Å². The minimum Gasteiger partial charge on any atom is -0.291 e. The lowest BCUT2D eigenvalue weighted by atomic mass is 10.2. The molecule has 0 aromatic carbocycles. The van der Waals surface area contributed by atoms with Crippen molar-refractivity contribution in [3.8, 4) is 0 Å². The van der Waals surface area contributed by atoms with Crippen LogP contribution in [0.2, 0.25) is 0 Å². The number of nitrogens with one attached hydrogen (secondary N) is 1. The highest BCUT2D eigenvalue weighted by atomic mass is 15.5. The Morgan fingerprint density at radius 3 is 3.00 bits per heavy atom. The van der Waals surface area contributed by atoms with E-state index in [0.717, 1.165) is 18.8 Å². The van der Waals surface area contributed by atoms with E-state index in [1.165, 1.54) is 6.42 Å². The average molecular weight is 181 g/mol. The molecule has 0 bridgehead atoms. The number of aromatic amines is 1. The number of tetrazole rings is 1. The topological polar surface area (TPSA) is 57.7 Å². The van der Waals surface area contributed by atoms with Crippen LogP contribution in [0.3, 0.4) is 0 Å². The molecular weight excluding hydrogens is 166 g/mol. The van der Waals surface area contributed by atoms with Gasteiger partial charge in [0.1, 0.15) is 0 Å². The van der Waals surface area contributed by atoms with Crippen LogP contribution in [0.4, 0.5) is 0 Å². The molecule has 0 saturated carbocycles. The van der Waals surface area contributed by atoms with Crippen molar-refractivity contribution >= 4 is 0 Å². The van der Waals surface area contributed by atoms with Gasteiger partial charge in [-0.3, -0.25) is 4.90 Å². The van der Waals surface area contributed by atoms with E-state index < -0.39 is 0 Å². The van der Waals surface area contributed by atoms with E-state index in [1.54, 1.807) is 0 Å². The Labute approximate surface area is 77.5 Å². The second-order valence-electron chi connectivity index (χ2n) is 3.76. The van der Waals surface area contributed by atoms with Gasteiger partial charge in [-0.2, -0.15) is 5.21 Å². The van der Waals surface area contributed by atoms with Gasteiger partial charge in [0.05, 0.1) is 6.04 Å². The number of H-pyrrole nitrogens is 1. The van der Waals surface area contributed by atoms with Crippen LogP contribution in [0.15, 0.2) is 0 Å². The van der Waals surface area contributed by atoms with E-state index in [4.69, 9.17) is 0 Å². The van der Waals surface area contributed by atoms with Gasteiger partial charge in [0.25, 0.3) is 0 Å². The molecule has 0 radical (unpaired) electrons. The molecule has 1 aromatic rings. The Morgan fingerprint density at radius 2 is 2.38 bits per heavy atom. The quantitative estimate of drug-likeness (QED) is 0.731. The van der Waals surface area contributed by atoms with E-state index in [-0.39, 0.29) is 0 Å². The fourth-order valence-corrected chi connectivity index (χ4v) is 2.00. The molecule has 5 heteroatoms. The van der Waals surface area contributed by atoms with Crippen LogP contribution in [-0.4, -0.2) is 38.1 Å². The van der Waals surface area contributed by atoms with Gasteiger partial charge >= 0.3 is 0 Å². The second kappa shape index (κ2) is 3.41. The summed E-state index contributed by atoms with van der Waals surface area (Å²) in [5, 5.41) is 14.2. The smallest absolute Gasteiger partial charge is 0.191 e. The third-order valence-electron chi connectivity index (χ3n) is 2.62. The molecule has 2 rings (SSSR count). The highest BCUT2D eigenvalue weighted by Crippen LogP contribution is 2.30. The highest BCUT2D eigenvalue weighted by molar-refractivity contribution is 4.95. The molecule has 5 nitrogen and oxygen atoms in total. The normalized spacial score (nSPS) is 24.4. The number of nitrogens with zero attached hydrogens (tertiary/aromatic N) is 4. The summed E-state index contributed by atoms with van der Waals surface area (Å²) in [4.78, 5) is 2.42. The van der Waals surface area contributed by atoms with Crippen molar-refractivity contribution in [2.45, 2.75) is 38.8 Å². The number of likely N-dealkylation sites (tertiary alicyclic amines) is 1. The third-order valence-corrected chi connectivity index (χ3v) is 2.62. The molecule has 0 amide bonds. The van der Waals surface area contributed by atoms with Crippen LogP contribution in [0, 0.1) is 0 Å². The standard InChI is InChI=1S/C8H15N5/c1-6(2)13-5-3-4-7(13)8-9-11-12-10-8/h6-7H,3-5H2,1-2H3,(H,9,10,11,12)/t7-/m0/s1. The molecule has 1 aliphatic heterocycles. The Morgan fingerprint density at radius 1 is 1.54 bits per heavy atom. The van der Waals surface area contributed by atoms with E-state index >= 15 is 0 Å². The maximum atomic E-state index is 4.04. The lowest BCUT2D eigenvalue weighted by Gasteiger charge is -2.25. The molecule has 1 fully saturated rings. The summed E-state index contributed by atoms with van der Waals surface area (Å²) in [7, 11) is 0. The number of rotatable bonds is 2. The molecule has 1 atom stereocenters. The first-order valence-corrected chi connectivity index (χ1v) is 4.78. The first-order valence-electron chi connectivity index (χ1n) is 4.78. The summed E-state index contributed by atoms with van der Waals surface area (Å²) < 4.78 is 0. The van der Waals surface area contributed by atoms with Crippen molar-refractivity contribution in [1.82, 2.24) is 25.5 Å². The van der Waals surface area contributed by atoms with Crippen molar-refractivity contribution < 1.29 is 0 Å². The van der Waals surface area contributed by atoms with Gasteiger partial charge in [-0.1, -0.05) is 5.21 Å². The van der Waals surface area contributed by atoms with Gasteiger partial charge in [0.2, 0.25) is 0 Å². The van der Waals surface area contributed by atoms with Crippen LogP contribution in [0.5, 0.6) is 0 Å². The minimum absolute atomic E-state index is 0.374. The summed E-state index contributed by atoms with van der Waals surface area (Å²) in [5.74, 6) is 0.839. The lowest BCUT2D eigenvalue weighted by molar-refractivity contribution is 0.198. The minimum atomic E-state index is 0.374. The zero-order chi connectivity index (χ0) is 9.26. The first kappa shape index (κ1) is 8.62. The Bertz CT molecular complexity index is 256. The lowest BCUT2D eigenvalue weighted by Crippen LogP contribution is -2.30. The van der Waals surface area contributed by atoms with Crippen LogP contribution >= 0.6 is 0 Å². The molecule has 13 heavy (non-hydrogen) atoms. The monoisotopic (exact) mass is 181 g/mol. The van der Waals surface area contributed by atoms with Gasteiger partial charge in [-0.25, -0.2) is 0 Å². The van der Waals surface area contributed by atoms with Crippen LogP contribution in [0.25, 0.3) is 0 Å². The molecule has 0 aliphatic carbocycles. The molecular formula is C8H15N5. The summed E-state index contributed by atoms with van der Waals surface area (Å²) >= 11 is 0. The van der Waals surface area contributed by atoms with Crippen molar-refractivity contribution in [2.24, 2.45) is 0 Å². The average Bonchev–Trinajstić information content (AvgIpc) is 2.74. The molecule has 2 heterocycles. The van der Waals surface area contributed by atoms with Crippen molar-refractivity contribution in [3.63, 3.8) is 0 Å².